The Morgan fingerprint density at radius 3 is 2.48 bits per heavy atom. The first-order chi connectivity index (χ1) is 15.6. The fourth-order valence-corrected chi connectivity index (χ4v) is 4.70. The van der Waals surface area contributed by atoms with Gasteiger partial charge < -0.3 is 9.72 Å². The summed E-state index contributed by atoms with van der Waals surface area (Å²) in [4.78, 5) is 24.8. The van der Waals surface area contributed by atoms with Crippen LogP contribution in [0.15, 0.2) is 41.4 Å². The van der Waals surface area contributed by atoms with Crippen LogP contribution in [0.1, 0.15) is 57.6 Å². The molecule has 2 aromatic heterocycles. The monoisotopic (exact) mass is 472 g/mol. The zero-order valence-electron chi connectivity index (χ0n) is 19.8. The van der Waals surface area contributed by atoms with Gasteiger partial charge in [0.25, 0.3) is 0 Å². The molecular weight excluding hydrogens is 440 g/mol. The van der Waals surface area contributed by atoms with Crippen LogP contribution in [-0.4, -0.2) is 41.5 Å². The molecule has 0 saturated carbocycles. The highest BCUT2D eigenvalue weighted by molar-refractivity contribution is 7.89. The van der Waals surface area contributed by atoms with Crippen LogP contribution < -0.4 is 4.72 Å². The number of nitrogens with one attached hydrogen (secondary N) is 2. The quantitative estimate of drug-likeness (QED) is 0.433. The third-order valence-electron chi connectivity index (χ3n) is 5.38. The highest BCUT2D eigenvalue weighted by Gasteiger charge is 2.28. The van der Waals surface area contributed by atoms with Crippen molar-refractivity contribution >= 4 is 27.0 Å². The van der Waals surface area contributed by atoms with Crippen molar-refractivity contribution < 1.29 is 17.9 Å². The molecule has 0 fully saturated rings. The summed E-state index contributed by atoms with van der Waals surface area (Å²) in [7, 11) is -3.90. The third-order valence-corrected chi connectivity index (χ3v) is 6.87. The zero-order valence-corrected chi connectivity index (χ0v) is 20.6. The summed E-state index contributed by atoms with van der Waals surface area (Å²) >= 11 is 0. The number of aromatic nitrogens is 3. The molecule has 0 aliphatic heterocycles. The average molecular weight is 473 g/mol. The molecule has 0 bridgehead atoms. The van der Waals surface area contributed by atoms with Crippen molar-refractivity contribution in [1.29, 1.82) is 0 Å². The van der Waals surface area contributed by atoms with Crippen molar-refractivity contribution in [3.8, 4) is 0 Å². The lowest BCUT2D eigenvalue weighted by atomic mass is 10.0. The smallest absolute Gasteiger partial charge is 0.324 e. The van der Waals surface area contributed by atoms with Crippen LogP contribution in [0.3, 0.4) is 0 Å². The molecule has 0 aliphatic carbocycles. The lowest BCUT2D eigenvalue weighted by Gasteiger charge is -2.21. The van der Waals surface area contributed by atoms with Crippen molar-refractivity contribution in [3.05, 3.63) is 53.6 Å². The van der Waals surface area contributed by atoms with Gasteiger partial charge in [0.05, 0.1) is 22.2 Å². The number of hydrogen-bond donors (Lipinski definition) is 2. The number of rotatable bonds is 10. The predicted octanol–water partition coefficient (Wildman–Crippen LogP) is 3.89. The number of imidazole rings is 1. The van der Waals surface area contributed by atoms with Gasteiger partial charge in [-0.1, -0.05) is 32.9 Å². The molecule has 3 aromatic rings. The first-order valence-corrected chi connectivity index (χ1v) is 12.7. The number of nitrogens with zero attached hydrogens (tertiary/aromatic N) is 2. The maximum absolute atomic E-state index is 13.0. The fourth-order valence-electron chi connectivity index (χ4n) is 3.51. The van der Waals surface area contributed by atoms with E-state index in [1.165, 1.54) is 0 Å². The number of sulfonamides is 1. The Balaban J connectivity index is 1.76. The van der Waals surface area contributed by atoms with Crippen LogP contribution in [0.2, 0.25) is 0 Å². The molecule has 0 amide bonds. The van der Waals surface area contributed by atoms with E-state index in [0.717, 1.165) is 28.1 Å². The molecule has 3 rings (SSSR count). The second kappa shape index (κ2) is 10.4. The summed E-state index contributed by atoms with van der Waals surface area (Å²) in [6.45, 7) is 9.45. The number of benzene rings is 1. The molecule has 2 N–H and O–H groups in total. The second-order valence-corrected chi connectivity index (χ2v) is 10.5. The summed E-state index contributed by atoms with van der Waals surface area (Å²) in [5.74, 6) is 0.381. The molecule has 0 saturated heterocycles. The van der Waals surface area contributed by atoms with Gasteiger partial charge >= 0.3 is 5.97 Å². The second-order valence-electron chi connectivity index (χ2n) is 8.76. The highest BCUT2D eigenvalue weighted by Crippen LogP contribution is 2.20. The van der Waals surface area contributed by atoms with Crippen molar-refractivity contribution in [2.45, 2.75) is 70.9 Å². The molecule has 1 unspecified atom stereocenters. The number of aryl methyl sites for hydroxylation is 1. The largest absolute Gasteiger partial charge is 0.461 e. The van der Waals surface area contributed by atoms with Crippen LogP contribution in [0.25, 0.3) is 11.0 Å². The van der Waals surface area contributed by atoms with Gasteiger partial charge in [0, 0.05) is 12.6 Å². The molecule has 1 aromatic carbocycles. The van der Waals surface area contributed by atoms with Crippen LogP contribution in [0, 0.1) is 12.8 Å². The molecule has 0 spiro atoms. The summed E-state index contributed by atoms with van der Waals surface area (Å²) in [6.07, 6.45) is 2.99. The number of ether oxygens (including phenoxy) is 1. The van der Waals surface area contributed by atoms with Crippen molar-refractivity contribution in [3.63, 3.8) is 0 Å². The molecule has 2 heterocycles. The van der Waals surface area contributed by atoms with E-state index < -0.39 is 22.0 Å². The van der Waals surface area contributed by atoms with Gasteiger partial charge in [-0.3, -0.25) is 9.78 Å². The Labute approximate surface area is 195 Å². The third kappa shape index (κ3) is 6.39. The van der Waals surface area contributed by atoms with E-state index in [0.29, 0.717) is 19.3 Å². The zero-order chi connectivity index (χ0) is 24.2. The minimum absolute atomic E-state index is 0.0955. The number of H-pyrrole nitrogens is 1. The van der Waals surface area contributed by atoms with Gasteiger partial charge in [0.2, 0.25) is 10.0 Å². The maximum Gasteiger partial charge on any atom is 0.324 e. The van der Waals surface area contributed by atoms with Gasteiger partial charge in [0.15, 0.2) is 0 Å². The number of carbonyl (C=O) groups is 1. The number of fused-ring (bicyclic) bond motifs is 1. The summed E-state index contributed by atoms with van der Waals surface area (Å²) in [5.41, 5.74) is 3.45. The maximum atomic E-state index is 13.0. The van der Waals surface area contributed by atoms with Gasteiger partial charge in [-0.05, 0) is 56.4 Å². The lowest BCUT2D eigenvalue weighted by molar-refractivity contribution is -0.150. The SMILES string of the molecule is CCC(C)OC(=O)[C@H](CC(C)C)NS(=O)(=O)c1ccc(Cc2nccc3[nH]c(C)nc23)cc1. The van der Waals surface area contributed by atoms with Crippen molar-refractivity contribution in [2.75, 3.05) is 0 Å². The molecule has 9 heteroatoms. The van der Waals surface area contributed by atoms with Crippen LogP contribution in [-0.2, 0) is 26.0 Å². The van der Waals surface area contributed by atoms with Gasteiger partial charge in [-0.15, -0.1) is 0 Å². The number of hydrogen-bond acceptors (Lipinski definition) is 6. The van der Waals surface area contributed by atoms with Gasteiger partial charge in [0.1, 0.15) is 17.4 Å². The number of pyridine rings is 1. The Kier molecular flexibility index (Phi) is 7.86. The molecule has 178 valence electrons. The van der Waals surface area contributed by atoms with Crippen molar-refractivity contribution in [2.24, 2.45) is 5.92 Å². The first-order valence-electron chi connectivity index (χ1n) is 11.2. The lowest BCUT2D eigenvalue weighted by Crippen LogP contribution is -2.43. The van der Waals surface area contributed by atoms with E-state index in [2.05, 4.69) is 19.7 Å². The van der Waals surface area contributed by atoms with Gasteiger partial charge in [-0.25, -0.2) is 13.4 Å². The molecule has 0 aliphatic rings. The fraction of sp³-hybridized carbons (Fsp3) is 0.458. The Morgan fingerprint density at radius 1 is 1.15 bits per heavy atom. The average Bonchev–Trinajstić information content (AvgIpc) is 3.14. The summed E-state index contributed by atoms with van der Waals surface area (Å²) in [5, 5.41) is 0. The minimum atomic E-state index is -3.90. The number of aromatic amines is 1. The molecule has 8 nitrogen and oxygen atoms in total. The van der Waals surface area contributed by atoms with E-state index in [1.807, 2.05) is 33.8 Å². The highest BCUT2D eigenvalue weighted by atomic mass is 32.2. The Hall–Kier alpha value is -2.78. The Morgan fingerprint density at radius 2 is 1.85 bits per heavy atom. The summed E-state index contributed by atoms with van der Waals surface area (Å²) in [6, 6.07) is 7.53. The van der Waals surface area contributed by atoms with E-state index >= 15 is 0 Å². The van der Waals surface area contributed by atoms with Crippen LogP contribution in [0.4, 0.5) is 0 Å². The Bertz CT molecular complexity index is 1200. The van der Waals surface area contributed by atoms with Crippen molar-refractivity contribution in [1.82, 2.24) is 19.7 Å². The summed E-state index contributed by atoms with van der Waals surface area (Å²) < 4.78 is 33.9. The predicted molar refractivity (Wildman–Crippen MR) is 127 cm³/mol. The number of carbonyl (C=O) groups excluding carboxylic acids is 1. The normalized spacial score (nSPS) is 13.9. The van der Waals surface area contributed by atoms with E-state index in [4.69, 9.17) is 4.74 Å². The topological polar surface area (TPSA) is 114 Å². The van der Waals surface area contributed by atoms with E-state index in [1.54, 1.807) is 37.4 Å². The molecule has 2 atom stereocenters. The van der Waals surface area contributed by atoms with E-state index in [9.17, 15) is 13.2 Å². The standard InChI is InChI=1S/C24H32N4O4S/c1-6-16(4)32-24(29)22(13-15(2)3)28-33(30,31)19-9-7-18(8-10-19)14-21-23-20(11-12-25-21)26-17(5)27-23/h7-12,15-16,22,28H,6,13-14H2,1-5H3,(H,26,27)/t16?,22-/m0/s1. The molecule has 0 radical (unpaired) electrons. The van der Waals surface area contributed by atoms with Crippen LogP contribution in [0.5, 0.6) is 0 Å². The number of esters is 1. The van der Waals surface area contributed by atoms with E-state index in [-0.39, 0.29) is 16.9 Å². The molecular formula is C24H32N4O4S. The minimum Gasteiger partial charge on any atom is -0.461 e. The van der Waals surface area contributed by atoms with Crippen LogP contribution >= 0.6 is 0 Å². The molecule has 33 heavy (non-hydrogen) atoms. The van der Waals surface area contributed by atoms with Gasteiger partial charge in [-0.2, -0.15) is 4.72 Å². The first kappa shape index (κ1) is 24.9.